The molecule has 3 aromatic rings. The summed E-state index contributed by atoms with van der Waals surface area (Å²) in [4.78, 5) is 23.7. The van der Waals surface area contributed by atoms with Gasteiger partial charge in [-0.15, -0.1) is 0 Å². The quantitative estimate of drug-likeness (QED) is 0.771. The third-order valence-corrected chi connectivity index (χ3v) is 5.11. The second-order valence-corrected chi connectivity index (χ2v) is 7.16. The first-order chi connectivity index (χ1) is 13.0. The Bertz CT molecular complexity index is 1020. The van der Waals surface area contributed by atoms with Crippen LogP contribution in [0.25, 0.3) is 16.9 Å². The first kappa shape index (κ1) is 17.5. The molecule has 7 heteroatoms. The van der Waals surface area contributed by atoms with Gasteiger partial charge in [0.05, 0.1) is 17.1 Å². The SMILES string of the molecule is Cc1nc(N2CCC(C)CC2)ncc1-c1cc(=O)n(-c2cccc(F)c2)[nH]1. The van der Waals surface area contributed by atoms with Gasteiger partial charge >= 0.3 is 0 Å². The van der Waals surface area contributed by atoms with Crippen LogP contribution in [0.4, 0.5) is 10.3 Å². The number of benzene rings is 1. The summed E-state index contributed by atoms with van der Waals surface area (Å²) < 4.78 is 14.8. The number of nitrogens with zero attached hydrogens (tertiary/aromatic N) is 4. The van der Waals surface area contributed by atoms with Crippen LogP contribution in [0.15, 0.2) is 41.3 Å². The lowest BCUT2D eigenvalue weighted by Gasteiger charge is -2.30. The second kappa shape index (κ2) is 6.98. The Morgan fingerprint density at radius 1 is 1.22 bits per heavy atom. The van der Waals surface area contributed by atoms with Gasteiger partial charge in [0.2, 0.25) is 5.95 Å². The summed E-state index contributed by atoms with van der Waals surface area (Å²) in [5.41, 5.74) is 2.36. The summed E-state index contributed by atoms with van der Waals surface area (Å²) in [6, 6.07) is 7.38. The molecule has 3 heterocycles. The van der Waals surface area contributed by atoms with Crippen LogP contribution in [0.2, 0.25) is 0 Å². The highest BCUT2D eigenvalue weighted by Crippen LogP contribution is 2.24. The van der Waals surface area contributed by atoms with Crippen molar-refractivity contribution in [3.8, 4) is 16.9 Å². The number of nitrogens with one attached hydrogen (secondary N) is 1. The molecule has 1 aliphatic rings. The normalized spacial score (nSPS) is 15.3. The summed E-state index contributed by atoms with van der Waals surface area (Å²) in [6.07, 6.45) is 4.04. The van der Waals surface area contributed by atoms with Gasteiger partial charge in [-0.2, -0.15) is 0 Å². The maximum Gasteiger partial charge on any atom is 0.271 e. The second-order valence-electron chi connectivity index (χ2n) is 7.16. The number of aromatic amines is 1. The fraction of sp³-hybridized carbons (Fsp3) is 0.350. The van der Waals surface area contributed by atoms with E-state index < -0.39 is 5.82 Å². The third kappa shape index (κ3) is 3.49. The number of rotatable bonds is 3. The van der Waals surface area contributed by atoms with E-state index in [1.165, 1.54) is 22.9 Å². The monoisotopic (exact) mass is 367 g/mol. The van der Waals surface area contributed by atoms with Gasteiger partial charge < -0.3 is 4.90 Å². The van der Waals surface area contributed by atoms with E-state index in [0.29, 0.717) is 11.4 Å². The summed E-state index contributed by atoms with van der Waals surface area (Å²) in [5, 5.41) is 3.03. The highest BCUT2D eigenvalue weighted by Gasteiger charge is 2.19. The van der Waals surface area contributed by atoms with E-state index in [-0.39, 0.29) is 5.56 Å². The number of halogens is 1. The maximum absolute atomic E-state index is 13.5. The summed E-state index contributed by atoms with van der Waals surface area (Å²) >= 11 is 0. The van der Waals surface area contributed by atoms with Crippen molar-refractivity contribution < 1.29 is 4.39 Å². The van der Waals surface area contributed by atoms with Gasteiger partial charge in [-0.3, -0.25) is 9.89 Å². The fourth-order valence-corrected chi connectivity index (χ4v) is 3.42. The molecule has 0 aliphatic carbocycles. The number of hydrogen-bond donors (Lipinski definition) is 1. The smallest absolute Gasteiger partial charge is 0.271 e. The predicted octanol–water partition coefficient (Wildman–Crippen LogP) is 3.31. The zero-order chi connectivity index (χ0) is 19.0. The van der Waals surface area contributed by atoms with Gasteiger partial charge in [-0.05, 0) is 43.9 Å². The van der Waals surface area contributed by atoms with Crippen LogP contribution in [0.5, 0.6) is 0 Å². The topological polar surface area (TPSA) is 66.8 Å². The minimum absolute atomic E-state index is 0.260. The number of aromatic nitrogens is 4. The van der Waals surface area contributed by atoms with E-state index >= 15 is 0 Å². The Labute approximate surface area is 156 Å². The van der Waals surface area contributed by atoms with Crippen LogP contribution in [0, 0.1) is 18.7 Å². The lowest BCUT2D eigenvalue weighted by Crippen LogP contribution is -2.34. The number of anilines is 1. The van der Waals surface area contributed by atoms with E-state index in [2.05, 4.69) is 26.9 Å². The molecule has 0 unspecified atom stereocenters. The van der Waals surface area contributed by atoms with Crippen LogP contribution in [-0.2, 0) is 0 Å². The van der Waals surface area contributed by atoms with Gasteiger partial charge in [-0.25, -0.2) is 19.0 Å². The van der Waals surface area contributed by atoms with Crippen molar-refractivity contribution in [2.75, 3.05) is 18.0 Å². The van der Waals surface area contributed by atoms with E-state index in [9.17, 15) is 9.18 Å². The zero-order valence-electron chi connectivity index (χ0n) is 15.4. The van der Waals surface area contributed by atoms with Crippen molar-refractivity contribution in [2.24, 2.45) is 5.92 Å². The standard InChI is InChI=1S/C20H22FN5O/c1-13-6-8-25(9-7-13)20-22-12-17(14(2)23-20)18-11-19(27)26(24-18)16-5-3-4-15(21)10-16/h3-5,10-13,24H,6-9H2,1-2H3. The Hall–Kier alpha value is -2.96. The van der Waals surface area contributed by atoms with Crippen molar-refractivity contribution in [3.05, 3.63) is 58.4 Å². The van der Waals surface area contributed by atoms with Gasteiger partial charge in [0.25, 0.3) is 5.56 Å². The molecule has 1 aromatic carbocycles. The molecular formula is C20H22FN5O. The Morgan fingerprint density at radius 3 is 2.70 bits per heavy atom. The molecule has 1 saturated heterocycles. The van der Waals surface area contributed by atoms with Gasteiger partial charge in [0, 0.05) is 30.9 Å². The van der Waals surface area contributed by atoms with Crippen molar-refractivity contribution in [1.29, 1.82) is 0 Å². The minimum Gasteiger partial charge on any atom is -0.341 e. The molecular weight excluding hydrogens is 345 g/mol. The average molecular weight is 367 g/mol. The average Bonchev–Trinajstić information content (AvgIpc) is 3.03. The first-order valence-corrected chi connectivity index (χ1v) is 9.18. The first-order valence-electron chi connectivity index (χ1n) is 9.18. The molecule has 0 atom stereocenters. The van der Waals surface area contributed by atoms with Gasteiger partial charge in [0.15, 0.2) is 0 Å². The predicted molar refractivity (Wildman–Crippen MR) is 103 cm³/mol. The van der Waals surface area contributed by atoms with Crippen LogP contribution in [0.1, 0.15) is 25.5 Å². The Kier molecular flexibility index (Phi) is 4.51. The molecule has 1 aliphatic heterocycles. The Morgan fingerprint density at radius 2 is 2.00 bits per heavy atom. The molecule has 6 nitrogen and oxygen atoms in total. The van der Waals surface area contributed by atoms with Crippen molar-refractivity contribution >= 4 is 5.95 Å². The highest BCUT2D eigenvalue weighted by molar-refractivity contribution is 5.61. The summed E-state index contributed by atoms with van der Waals surface area (Å²) in [7, 11) is 0. The zero-order valence-corrected chi connectivity index (χ0v) is 15.4. The molecule has 1 N–H and O–H groups in total. The van der Waals surface area contributed by atoms with E-state index in [1.54, 1.807) is 18.3 Å². The molecule has 27 heavy (non-hydrogen) atoms. The Balaban J connectivity index is 1.64. The number of piperidine rings is 1. The molecule has 4 rings (SSSR count). The van der Waals surface area contributed by atoms with E-state index in [0.717, 1.165) is 49.1 Å². The van der Waals surface area contributed by atoms with Gasteiger partial charge in [0.1, 0.15) is 5.82 Å². The van der Waals surface area contributed by atoms with Gasteiger partial charge in [-0.1, -0.05) is 13.0 Å². The molecule has 0 bridgehead atoms. The maximum atomic E-state index is 13.5. The van der Waals surface area contributed by atoms with Crippen LogP contribution < -0.4 is 10.5 Å². The lowest BCUT2D eigenvalue weighted by molar-refractivity contribution is 0.434. The molecule has 0 radical (unpaired) electrons. The van der Waals surface area contributed by atoms with Crippen LogP contribution in [0.3, 0.4) is 0 Å². The molecule has 1 fully saturated rings. The van der Waals surface area contributed by atoms with Crippen molar-refractivity contribution in [3.63, 3.8) is 0 Å². The van der Waals surface area contributed by atoms with Crippen LogP contribution in [-0.4, -0.2) is 32.8 Å². The van der Waals surface area contributed by atoms with E-state index in [1.807, 2.05) is 6.92 Å². The summed E-state index contributed by atoms with van der Waals surface area (Å²) in [5.74, 6) is 1.08. The molecule has 0 saturated carbocycles. The lowest BCUT2D eigenvalue weighted by atomic mass is 10.00. The van der Waals surface area contributed by atoms with Crippen LogP contribution >= 0.6 is 0 Å². The third-order valence-electron chi connectivity index (χ3n) is 5.11. The molecule has 0 spiro atoms. The molecule has 140 valence electrons. The highest BCUT2D eigenvalue weighted by atomic mass is 19.1. The number of aryl methyl sites for hydroxylation is 1. The summed E-state index contributed by atoms with van der Waals surface area (Å²) in [6.45, 7) is 6.11. The molecule has 2 aromatic heterocycles. The largest absolute Gasteiger partial charge is 0.341 e. The number of hydrogen-bond acceptors (Lipinski definition) is 4. The van der Waals surface area contributed by atoms with E-state index in [4.69, 9.17) is 0 Å². The van der Waals surface area contributed by atoms with Crippen molar-refractivity contribution in [1.82, 2.24) is 19.7 Å². The fourth-order valence-electron chi connectivity index (χ4n) is 3.42. The number of H-pyrrole nitrogens is 1. The minimum atomic E-state index is -0.393. The van der Waals surface area contributed by atoms with Crippen molar-refractivity contribution in [2.45, 2.75) is 26.7 Å². The molecule has 0 amide bonds.